The van der Waals surface area contributed by atoms with E-state index < -0.39 is 0 Å². The lowest BCUT2D eigenvalue weighted by Crippen LogP contribution is -2.32. The number of rotatable bonds is 2. The zero-order chi connectivity index (χ0) is 14.8. The molecule has 1 amide bonds. The zero-order valence-electron chi connectivity index (χ0n) is 10.8. The van der Waals surface area contributed by atoms with Crippen LogP contribution in [0.2, 0.25) is 10.2 Å². The first-order valence-electron chi connectivity index (χ1n) is 6.32. The van der Waals surface area contributed by atoms with Gasteiger partial charge in [-0.25, -0.2) is 9.97 Å². The van der Waals surface area contributed by atoms with Gasteiger partial charge in [-0.2, -0.15) is 0 Å². The summed E-state index contributed by atoms with van der Waals surface area (Å²) in [6, 6.07) is 7.67. The molecule has 0 fully saturated rings. The minimum atomic E-state index is -0.301. The summed E-state index contributed by atoms with van der Waals surface area (Å²) in [6.07, 6.45) is 1.86. The molecule has 108 valence electrons. The maximum Gasteiger partial charge on any atom is 0.232 e. The Morgan fingerprint density at radius 3 is 2.95 bits per heavy atom. The smallest absolute Gasteiger partial charge is 0.232 e. The maximum absolute atomic E-state index is 12.3. The van der Waals surface area contributed by atoms with Crippen LogP contribution in [0, 0.1) is 5.92 Å². The molecule has 2 aromatic rings. The van der Waals surface area contributed by atoms with Crippen molar-refractivity contribution in [3.63, 3.8) is 0 Å². The fourth-order valence-electron chi connectivity index (χ4n) is 2.15. The Kier molecular flexibility index (Phi) is 3.94. The minimum Gasteiger partial charge on any atom is -0.492 e. The summed E-state index contributed by atoms with van der Waals surface area (Å²) in [5.74, 6) is 0.524. The highest BCUT2D eigenvalue weighted by Gasteiger charge is 2.26. The van der Waals surface area contributed by atoms with Crippen molar-refractivity contribution in [2.45, 2.75) is 6.42 Å². The fraction of sp³-hybridized carbons (Fsp3) is 0.214. The molecule has 0 spiro atoms. The van der Waals surface area contributed by atoms with Gasteiger partial charge in [0.25, 0.3) is 0 Å². The second-order valence-corrected chi connectivity index (χ2v) is 5.37. The Morgan fingerprint density at radius 1 is 1.29 bits per heavy atom. The molecule has 7 heteroatoms. The van der Waals surface area contributed by atoms with Crippen LogP contribution in [-0.2, 0) is 11.2 Å². The summed E-state index contributed by atoms with van der Waals surface area (Å²) in [7, 11) is 0. The first-order chi connectivity index (χ1) is 10.1. The van der Waals surface area contributed by atoms with Gasteiger partial charge in [0, 0.05) is 0 Å². The number of ether oxygens (including phenoxy) is 1. The Morgan fingerprint density at radius 2 is 2.10 bits per heavy atom. The SMILES string of the molecule is O=C(Nc1ncnc(Cl)c1Cl)C1COc2ccccc2C1. The van der Waals surface area contributed by atoms with E-state index in [9.17, 15) is 4.79 Å². The van der Waals surface area contributed by atoms with Gasteiger partial charge in [0.05, 0.1) is 5.92 Å². The van der Waals surface area contributed by atoms with Crippen LogP contribution in [-0.4, -0.2) is 22.5 Å². The van der Waals surface area contributed by atoms with Crippen LogP contribution >= 0.6 is 23.2 Å². The van der Waals surface area contributed by atoms with Gasteiger partial charge in [-0.15, -0.1) is 0 Å². The van der Waals surface area contributed by atoms with E-state index in [2.05, 4.69) is 15.3 Å². The molecule has 1 aromatic carbocycles. The number of aromatic nitrogens is 2. The predicted molar refractivity (Wildman–Crippen MR) is 79.8 cm³/mol. The van der Waals surface area contributed by atoms with E-state index in [1.54, 1.807) is 0 Å². The van der Waals surface area contributed by atoms with Crippen LogP contribution in [0.15, 0.2) is 30.6 Å². The van der Waals surface area contributed by atoms with Crippen molar-refractivity contribution in [2.24, 2.45) is 5.92 Å². The molecule has 0 saturated carbocycles. The highest BCUT2D eigenvalue weighted by Crippen LogP contribution is 2.29. The number of benzene rings is 1. The molecule has 3 rings (SSSR count). The third kappa shape index (κ3) is 2.94. The van der Waals surface area contributed by atoms with Gasteiger partial charge in [0.15, 0.2) is 11.0 Å². The predicted octanol–water partition coefficient (Wildman–Crippen LogP) is 2.97. The van der Waals surface area contributed by atoms with Gasteiger partial charge >= 0.3 is 0 Å². The standard InChI is InChI=1S/C14H11Cl2N3O2/c15-11-12(16)17-7-18-13(11)19-14(20)9-5-8-3-1-2-4-10(8)21-6-9/h1-4,7,9H,5-6H2,(H,17,18,19,20). The van der Waals surface area contributed by atoms with Crippen molar-refractivity contribution in [1.82, 2.24) is 9.97 Å². The monoisotopic (exact) mass is 323 g/mol. The second kappa shape index (κ2) is 5.87. The highest BCUT2D eigenvalue weighted by atomic mass is 35.5. The Hall–Kier alpha value is -1.85. The van der Waals surface area contributed by atoms with E-state index in [1.165, 1.54) is 6.33 Å². The molecule has 2 heterocycles. The maximum atomic E-state index is 12.3. The molecule has 0 aliphatic carbocycles. The second-order valence-electron chi connectivity index (χ2n) is 4.64. The van der Waals surface area contributed by atoms with E-state index in [0.717, 1.165) is 11.3 Å². The molecule has 1 atom stereocenters. The summed E-state index contributed by atoms with van der Waals surface area (Å²) in [4.78, 5) is 19.9. The highest BCUT2D eigenvalue weighted by molar-refractivity contribution is 6.42. The molecule has 1 N–H and O–H groups in total. The summed E-state index contributed by atoms with van der Waals surface area (Å²) in [5, 5.41) is 2.90. The summed E-state index contributed by atoms with van der Waals surface area (Å²) < 4.78 is 5.60. The molecule has 0 radical (unpaired) electrons. The van der Waals surface area contributed by atoms with Gasteiger partial charge in [0.1, 0.15) is 23.7 Å². The van der Waals surface area contributed by atoms with E-state index in [0.29, 0.717) is 13.0 Å². The van der Waals surface area contributed by atoms with Crippen LogP contribution < -0.4 is 10.1 Å². The number of carbonyl (C=O) groups excluding carboxylic acids is 1. The summed E-state index contributed by atoms with van der Waals surface area (Å²) in [6.45, 7) is 0.319. The summed E-state index contributed by atoms with van der Waals surface area (Å²) in [5.41, 5.74) is 1.01. The van der Waals surface area contributed by atoms with Gasteiger partial charge < -0.3 is 10.1 Å². The van der Waals surface area contributed by atoms with Gasteiger partial charge in [0.2, 0.25) is 5.91 Å². The molecule has 0 saturated heterocycles. The lowest BCUT2D eigenvalue weighted by molar-refractivity contribution is -0.121. The van der Waals surface area contributed by atoms with Crippen LogP contribution in [0.1, 0.15) is 5.56 Å². The Labute approximate surface area is 131 Å². The minimum absolute atomic E-state index is 0.104. The average molecular weight is 324 g/mol. The fourth-order valence-corrected chi connectivity index (χ4v) is 2.43. The number of halogens is 2. The quantitative estimate of drug-likeness (QED) is 0.863. The largest absolute Gasteiger partial charge is 0.492 e. The van der Waals surface area contributed by atoms with Crippen molar-refractivity contribution in [1.29, 1.82) is 0 Å². The number of hydrogen-bond acceptors (Lipinski definition) is 4. The molecule has 1 aliphatic heterocycles. The first-order valence-corrected chi connectivity index (χ1v) is 7.08. The van der Waals surface area contributed by atoms with E-state index in [4.69, 9.17) is 27.9 Å². The van der Waals surface area contributed by atoms with Crippen molar-refractivity contribution in [3.05, 3.63) is 46.3 Å². The number of anilines is 1. The number of carbonyl (C=O) groups is 1. The van der Waals surface area contributed by atoms with E-state index in [-0.39, 0.29) is 27.8 Å². The number of para-hydroxylation sites is 1. The van der Waals surface area contributed by atoms with Crippen molar-refractivity contribution in [2.75, 3.05) is 11.9 Å². The molecular formula is C14H11Cl2N3O2. The van der Waals surface area contributed by atoms with Crippen LogP contribution in [0.4, 0.5) is 5.82 Å². The van der Waals surface area contributed by atoms with Crippen molar-refractivity contribution < 1.29 is 9.53 Å². The molecule has 0 bridgehead atoms. The summed E-state index contributed by atoms with van der Waals surface area (Å²) >= 11 is 11.7. The molecule has 21 heavy (non-hydrogen) atoms. The van der Waals surface area contributed by atoms with Crippen molar-refractivity contribution in [3.8, 4) is 5.75 Å². The lowest BCUT2D eigenvalue weighted by atomic mass is 9.96. The number of fused-ring (bicyclic) bond motifs is 1. The van der Waals surface area contributed by atoms with E-state index in [1.807, 2.05) is 24.3 Å². The number of nitrogens with zero attached hydrogens (tertiary/aromatic N) is 2. The molecular weight excluding hydrogens is 313 g/mol. The molecule has 1 aliphatic rings. The number of amides is 1. The number of nitrogens with one attached hydrogen (secondary N) is 1. The van der Waals surface area contributed by atoms with Crippen LogP contribution in [0.3, 0.4) is 0 Å². The van der Waals surface area contributed by atoms with Crippen LogP contribution in [0.25, 0.3) is 0 Å². The van der Waals surface area contributed by atoms with E-state index >= 15 is 0 Å². The van der Waals surface area contributed by atoms with Gasteiger partial charge in [-0.3, -0.25) is 4.79 Å². The normalized spacial score (nSPS) is 16.8. The van der Waals surface area contributed by atoms with Gasteiger partial charge in [-0.1, -0.05) is 41.4 Å². The first kappa shape index (κ1) is 14.1. The zero-order valence-corrected chi connectivity index (χ0v) is 12.4. The Balaban J connectivity index is 1.74. The molecule has 1 aromatic heterocycles. The van der Waals surface area contributed by atoms with Crippen molar-refractivity contribution >= 4 is 34.9 Å². The average Bonchev–Trinajstić information content (AvgIpc) is 2.51. The third-order valence-corrected chi connectivity index (χ3v) is 3.98. The van der Waals surface area contributed by atoms with Gasteiger partial charge in [-0.05, 0) is 18.1 Å². The topological polar surface area (TPSA) is 64.1 Å². The van der Waals surface area contributed by atoms with Crippen LogP contribution in [0.5, 0.6) is 5.75 Å². The molecule has 5 nitrogen and oxygen atoms in total. The third-order valence-electron chi connectivity index (χ3n) is 3.24. The Bertz CT molecular complexity index is 694. The lowest BCUT2D eigenvalue weighted by Gasteiger charge is -2.24. The number of hydrogen-bond donors (Lipinski definition) is 1. The molecule has 1 unspecified atom stereocenters.